The van der Waals surface area contributed by atoms with Crippen LogP contribution in [0.2, 0.25) is 0 Å². The van der Waals surface area contributed by atoms with Crippen molar-refractivity contribution < 1.29 is 4.79 Å². The summed E-state index contributed by atoms with van der Waals surface area (Å²) in [6, 6.07) is 9.84. The van der Waals surface area contributed by atoms with E-state index in [-0.39, 0.29) is 5.91 Å². The van der Waals surface area contributed by atoms with Gasteiger partial charge in [0.1, 0.15) is 12.1 Å². The van der Waals surface area contributed by atoms with Crippen molar-refractivity contribution >= 4 is 11.7 Å². The van der Waals surface area contributed by atoms with E-state index < -0.39 is 0 Å². The van der Waals surface area contributed by atoms with Gasteiger partial charge in [0.25, 0.3) is 5.91 Å². The van der Waals surface area contributed by atoms with Crippen LogP contribution in [-0.2, 0) is 0 Å². The second-order valence-corrected chi connectivity index (χ2v) is 6.83. The van der Waals surface area contributed by atoms with Crippen LogP contribution >= 0.6 is 0 Å². The molecular formula is C21H28N4O. The Labute approximate surface area is 156 Å². The van der Waals surface area contributed by atoms with Crippen LogP contribution in [0.3, 0.4) is 0 Å². The van der Waals surface area contributed by atoms with Crippen LogP contribution in [0.5, 0.6) is 0 Å². The molecule has 5 nitrogen and oxygen atoms in total. The third-order valence-electron chi connectivity index (χ3n) is 4.78. The number of amides is 1. The summed E-state index contributed by atoms with van der Waals surface area (Å²) in [4.78, 5) is 25.8. The Kier molecular flexibility index (Phi) is 6.21. The van der Waals surface area contributed by atoms with Crippen LogP contribution in [0.4, 0.5) is 5.82 Å². The van der Waals surface area contributed by atoms with Gasteiger partial charge in [-0.15, -0.1) is 0 Å². The van der Waals surface area contributed by atoms with Gasteiger partial charge in [0, 0.05) is 43.4 Å². The van der Waals surface area contributed by atoms with Crippen molar-refractivity contribution in [2.45, 2.75) is 39.5 Å². The van der Waals surface area contributed by atoms with Gasteiger partial charge >= 0.3 is 0 Å². The Morgan fingerprint density at radius 2 is 1.69 bits per heavy atom. The van der Waals surface area contributed by atoms with Crippen molar-refractivity contribution in [1.29, 1.82) is 0 Å². The first kappa shape index (κ1) is 18.4. The van der Waals surface area contributed by atoms with Crippen LogP contribution in [0, 0.1) is 0 Å². The normalized spacial score (nSPS) is 13.8. The maximum Gasteiger partial charge on any atom is 0.253 e. The van der Waals surface area contributed by atoms with E-state index in [1.807, 2.05) is 35.2 Å². The zero-order valence-electron chi connectivity index (χ0n) is 15.8. The number of carbonyl (C=O) groups is 1. The lowest BCUT2D eigenvalue weighted by Gasteiger charge is -2.21. The first-order valence-electron chi connectivity index (χ1n) is 9.69. The quantitative estimate of drug-likeness (QED) is 0.755. The molecule has 138 valence electrons. The number of nitrogens with zero attached hydrogens (tertiary/aromatic N) is 4. The fraction of sp³-hybridized carbons (Fsp3) is 0.476. The predicted octanol–water partition coefficient (Wildman–Crippen LogP) is 4.01. The topological polar surface area (TPSA) is 49.3 Å². The summed E-state index contributed by atoms with van der Waals surface area (Å²) in [7, 11) is 0. The number of carbonyl (C=O) groups excluding carboxylic acids is 1. The van der Waals surface area contributed by atoms with Crippen molar-refractivity contribution in [2.75, 3.05) is 31.1 Å². The molecule has 0 bridgehead atoms. The molecule has 1 aromatic heterocycles. The summed E-state index contributed by atoms with van der Waals surface area (Å²) in [6.07, 6.45) is 6.03. The zero-order valence-corrected chi connectivity index (χ0v) is 15.8. The largest absolute Gasteiger partial charge is 0.357 e. The van der Waals surface area contributed by atoms with E-state index in [2.05, 4.69) is 28.7 Å². The summed E-state index contributed by atoms with van der Waals surface area (Å²) in [5.41, 5.74) is 2.66. The van der Waals surface area contributed by atoms with Crippen molar-refractivity contribution in [2.24, 2.45) is 0 Å². The molecule has 2 heterocycles. The van der Waals surface area contributed by atoms with Gasteiger partial charge in [-0.05, 0) is 37.8 Å². The van der Waals surface area contributed by atoms with Gasteiger partial charge in [0.15, 0.2) is 0 Å². The monoisotopic (exact) mass is 352 g/mol. The lowest BCUT2D eigenvalue weighted by atomic mass is 10.1. The van der Waals surface area contributed by atoms with Crippen LogP contribution in [0.25, 0.3) is 11.3 Å². The van der Waals surface area contributed by atoms with E-state index in [1.165, 1.54) is 12.8 Å². The molecule has 3 rings (SSSR count). The summed E-state index contributed by atoms with van der Waals surface area (Å²) in [6.45, 7) is 7.94. The van der Waals surface area contributed by atoms with Crippen molar-refractivity contribution in [3.63, 3.8) is 0 Å². The van der Waals surface area contributed by atoms with Crippen LogP contribution in [0.1, 0.15) is 49.9 Å². The first-order valence-corrected chi connectivity index (χ1v) is 9.69. The minimum atomic E-state index is 0.112. The lowest BCUT2D eigenvalue weighted by Crippen LogP contribution is -2.32. The average Bonchev–Trinajstić information content (AvgIpc) is 3.22. The lowest BCUT2D eigenvalue weighted by molar-refractivity contribution is 0.0755. The number of benzene rings is 1. The maximum atomic E-state index is 12.7. The van der Waals surface area contributed by atoms with Gasteiger partial charge in [-0.2, -0.15) is 0 Å². The van der Waals surface area contributed by atoms with Gasteiger partial charge in [-0.1, -0.05) is 26.0 Å². The summed E-state index contributed by atoms with van der Waals surface area (Å²) >= 11 is 0. The molecular weight excluding hydrogens is 324 g/mol. The Balaban J connectivity index is 1.77. The summed E-state index contributed by atoms with van der Waals surface area (Å²) in [5, 5.41) is 0. The highest BCUT2D eigenvalue weighted by Gasteiger charge is 2.16. The third kappa shape index (κ3) is 4.21. The maximum absolute atomic E-state index is 12.7. The number of anilines is 1. The van der Waals surface area contributed by atoms with Gasteiger partial charge in [0.2, 0.25) is 0 Å². The molecule has 0 atom stereocenters. The summed E-state index contributed by atoms with van der Waals surface area (Å²) in [5.74, 6) is 1.10. The molecule has 1 aliphatic heterocycles. The Bertz CT molecular complexity index is 717. The Morgan fingerprint density at radius 3 is 2.31 bits per heavy atom. The average molecular weight is 352 g/mol. The molecule has 1 saturated heterocycles. The van der Waals surface area contributed by atoms with Crippen LogP contribution in [0.15, 0.2) is 36.7 Å². The number of aromatic nitrogens is 2. The standard InChI is InChI=1S/C21H28N4O/c1-3-11-25(12-4-2)21(26)18-9-7-17(8-10-18)19-15-20(23-16-22-19)24-13-5-6-14-24/h7-10,15-16H,3-6,11-14H2,1-2H3. The van der Waals surface area contributed by atoms with Gasteiger partial charge in [-0.25, -0.2) is 9.97 Å². The second-order valence-electron chi connectivity index (χ2n) is 6.83. The molecule has 26 heavy (non-hydrogen) atoms. The molecule has 2 aromatic rings. The van der Waals surface area contributed by atoms with Gasteiger partial charge in [0.05, 0.1) is 5.69 Å². The molecule has 0 radical (unpaired) electrons. The smallest absolute Gasteiger partial charge is 0.253 e. The Morgan fingerprint density at radius 1 is 1.04 bits per heavy atom. The van der Waals surface area contributed by atoms with E-state index in [0.29, 0.717) is 0 Å². The molecule has 0 N–H and O–H groups in total. The number of hydrogen-bond acceptors (Lipinski definition) is 4. The van der Waals surface area contributed by atoms with Crippen molar-refractivity contribution in [3.05, 3.63) is 42.2 Å². The highest BCUT2D eigenvalue weighted by atomic mass is 16.2. The van der Waals surface area contributed by atoms with Crippen LogP contribution < -0.4 is 4.90 Å². The molecule has 1 fully saturated rings. The third-order valence-corrected chi connectivity index (χ3v) is 4.78. The van der Waals surface area contributed by atoms with Crippen LogP contribution in [-0.4, -0.2) is 47.0 Å². The van der Waals surface area contributed by atoms with Crippen molar-refractivity contribution in [1.82, 2.24) is 14.9 Å². The fourth-order valence-electron chi connectivity index (χ4n) is 3.44. The highest BCUT2D eigenvalue weighted by molar-refractivity contribution is 5.94. The first-order chi connectivity index (χ1) is 12.7. The SMILES string of the molecule is CCCN(CCC)C(=O)c1ccc(-c2cc(N3CCCC3)ncn2)cc1. The summed E-state index contributed by atoms with van der Waals surface area (Å²) < 4.78 is 0. The molecule has 0 saturated carbocycles. The minimum absolute atomic E-state index is 0.112. The number of hydrogen-bond donors (Lipinski definition) is 0. The molecule has 0 unspecified atom stereocenters. The predicted molar refractivity (Wildman–Crippen MR) is 105 cm³/mol. The van der Waals surface area contributed by atoms with E-state index >= 15 is 0 Å². The Hall–Kier alpha value is -2.43. The fourth-order valence-corrected chi connectivity index (χ4v) is 3.44. The second kappa shape index (κ2) is 8.79. The zero-order chi connectivity index (χ0) is 18.4. The van der Waals surface area contributed by atoms with E-state index in [9.17, 15) is 4.79 Å². The van der Waals surface area contributed by atoms with E-state index in [1.54, 1.807) is 6.33 Å². The highest BCUT2D eigenvalue weighted by Crippen LogP contribution is 2.23. The number of rotatable bonds is 7. The molecule has 1 aliphatic rings. The molecule has 0 aliphatic carbocycles. The molecule has 0 spiro atoms. The molecule has 1 aromatic carbocycles. The van der Waals surface area contributed by atoms with E-state index in [4.69, 9.17) is 0 Å². The van der Waals surface area contributed by atoms with Crippen molar-refractivity contribution in [3.8, 4) is 11.3 Å². The van der Waals surface area contributed by atoms with E-state index in [0.717, 1.165) is 61.7 Å². The van der Waals surface area contributed by atoms with Gasteiger partial charge < -0.3 is 9.80 Å². The minimum Gasteiger partial charge on any atom is -0.357 e. The van der Waals surface area contributed by atoms with Gasteiger partial charge in [-0.3, -0.25) is 4.79 Å². The molecule has 1 amide bonds. The molecule has 5 heteroatoms.